The normalized spacial score (nSPS) is 14.6. The van der Waals surface area contributed by atoms with Gasteiger partial charge in [-0.25, -0.2) is 0 Å². The van der Waals surface area contributed by atoms with E-state index in [0.717, 1.165) is 39.1 Å². The molecule has 1 aliphatic rings. The molecule has 2 heterocycles. The lowest BCUT2D eigenvalue weighted by atomic mass is 10.1. The lowest BCUT2D eigenvalue weighted by Gasteiger charge is -2.20. The van der Waals surface area contributed by atoms with Crippen LogP contribution in [0.15, 0.2) is 52.1 Å². The van der Waals surface area contributed by atoms with Gasteiger partial charge in [-0.1, -0.05) is 59.6 Å². The first-order valence-corrected chi connectivity index (χ1v) is 12.2. The van der Waals surface area contributed by atoms with Crippen molar-refractivity contribution in [1.29, 1.82) is 0 Å². The Morgan fingerprint density at radius 3 is 2.65 bits per heavy atom. The molecule has 2 aromatic carbocycles. The summed E-state index contributed by atoms with van der Waals surface area (Å²) in [5.41, 5.74) is 4.65. The van der Waals surface area contributed by atoms with Gasteiger partial charge in [-0.05, 0) is 36.8 Å². The molecule has 0 fully saturated rings. The molecule has 0 unspecified atom stereocenters. The summed E-state index contributed by atoms with van der Waals surface area (Å²) in [6, 6.07) is 14.4. The van der Waals surface area contributed by atoms with Crippen molar-refractivity contribution < 1.29 is 4.74 Å². The van der Waals surface area contributed by atoms with Crippen molar-refractivity contribution in [3.63, 3.8) is 0 Å². The predicted octanol–water partition coefficient (Wildman–Crippen LogP) is 6.15. The number of hydrogen-bond acceptors (Lipinski definition) is 7. The number of unbranched alkanes of at least 4 members (excludes halogenated alkanes) is 2. The van der Waals surface area contributed by atoms with E-state index >= 15 is 0 Å². The number of nitrogens with one attached hydrogen (secondary N) is 1. The number of ether oxygens (including phenoxy) is 1. The van der Waals surface area contributed by atoms with Gasteiger partial charge >= 0.3 is 0 Å². The quantitative estimate of drug-likeness (QED) is 0.308. The number of fused-ring (bicyclic) bond motifs is 3. The number of thioether (sulfide) groups is 1. The minimum Gasteiger partial charge on any atom is -0.448 e. The van der Waals surface area contributed by atoms with Crippen LogP contribution in [0.5, 0.6) is 5.88 Å². The van der Waals surface area contributed by atoms with Crippen LogP contribution in [0.25, 0.3) is 11.3 Å². The minimum atomic E-state index is -0.382. The predicted molar refractivity (Wildman–Crippen MR) is 131 cm³/mol. The molecule has 3 aromatic rings. The molecule has 0 saturated carbocycles. The van der Waals surface area contributed by atoms with E-state index in [-0.39, 0.29) is 6.23 Å². The van der Waals surface area contributed by atoms with Gasteiger partial charge in [-0.3, -0.25) is 0 Å². The second-order valence-electron chi connectivity index (χ2n) is 7.62. The van der Waals surface area contributed by atoms with Crippen molar-refractivity contribution >= 4 is 39.1 Å². The van der Waals surface area contributed by atoms with Crippen LogP contribution in [0.3, 0.4) is 0 Å². The SMILES string of the molecule is CCCCCSc1nnc2c(n1)O[C@@H](c1ccc(N(C)C)cc1)Nc1ccc(Br)cc1-2. The summed E-state index contributed by atoms with van der Waals surface area (Å²) in [7, 11) is 4.06. The van der Waals surface area contributed by atoms with E-state index in [0.29, 0.717) is 16.7 Å². The molecule has 0 bridgehead atoms. The standard InChI is InChI=1S/C23H26BrN5OS/c1-4-5-6-13-31-23-26-22-20(27-28-23)18-14-16(24)9-12-19(18)25-21(30-22)15-7-10-17(11-8-15)29(2)3/h7-12,14,21,25H,4-6,13H2,1-3H3/t21-/m0/s1. The Morgan fingerprint density at radius 1 is 1.10 bits per heavy atom. The molecule has 162 valence electrons. The first kappa shape index (κ1) is 21.9. The minimum absolute atomic E-state index is 0.382. The molecule has 0 aliphatic carbocycles. The third-order valence-corrected chi connectivity index (χ3v) is 6.50. The van der Waals surface area contributed by atoms with E-state index in [1.807, 2.05) is 32.3 Å². The van der Waals surface area contributed by atoms with Crippen molar-refractivity contribution in [2.45, 2.75) is 37.6 Å². The van der Waals surface area contributed by atoms with Crippen LogP contribution in [-0.4, -0.2) is 35.0 Å². The smallest absolute Gasteiger partial charge is 0.247 e. The molecule has 6 nitrogen and oxygen atoms in total. The van der Waals surface area contributed by atoms with Crippen LogP contribution in [0, 0.1) is 0 Å². The first-order valence-electron chi connectivity index (χ1n) is 10.4. The Bertz CT molecular complexity index is 1040. The topological polar surface area (TPSA) is 63.2 Å². The summed E-state index contributed by atoms with van der Waals surface area (Å²) in [4.78, 5) is 6.80. The van der Waals surface area contributed by atoms with Crippen LogP contribution >= 0.6 is 27.7 Å². The van der Waals surface area contributed by atoms with Crippen molar-refractivity contribution in [2.75, 3.05) is 30.1 Å². The first-order chi connectivity index (χ1) is 15.0. The lowest BCUT2D eigenvalue weighted by molar-refractivity contribution is 0.225. The van der Waals surface area contributed by atoms with Crippen molar-refractivity contribution in [3.05, 3.63) is 52.5 Å². The van der Waals surface area contributed by atoms with Gasteiger partial charge in [0.25, 0.3) is 0 Å². The Hall–Kier alpha value is -2.32. The summed E-state index contributed by atoms with van der Waals surface area (Å²) in [6.07, 6.45) is 3.16. The molecule has 4 rings (SSSR count). The van der Waals surface area contributed by atoms with Gasteiger partial charge in [0, 0.05) is 46.8 Å². The van der Waals surface area contributed by atoms with E-state index in [2.05, 4.69) is 67.5 Å². The maximum Gasteiger partial charge on any atom is 0.247 e. The monoisotopic (exact) mass is 499 g/mol. The molecule has 1 N–H and O–H groups in total. The van der Waals surface area contributed by atoms with Crippen molar-refractivity contribution in [2.24, 2.45) is 0 Å². The number of aromatic nitrogens is 3. The molecule has 0 spiro atoms. The van der Waals surface area contributed by atoms with Crippen LogP contribution < -0.4 is 15.0 Å². The maximum atomic E-state index is 6.37. The number of hydrogen-bond donors (Lipinski definition) is 1. The van der Waals surface area contributed by atoms with Gasteiger partial charge in [0.1, 0.15) is 0 Å². The number of nitrogens with zero attached hydrogens (tertiary/aromatic N) is 4. The highest BCUT2D eigenvalue weighted by Gasteiger charge is 2.26. The van der Waals surface area contributed by atoms with Gasteiger partial charge in [0.2, 0.25) is 11.0 Å². The highest BCUT2D eigenvalue weighted by molar-refractivity contribution is 9.10. The van der Waals surface area contributed by atoms with Crippen LogP contribution in [0.1, 0.15) is 38.0 Å². The highest BCUT2D eigenvalue weighted by atomic mass is 79.9. The molecular formula is C23H26BrN5OS. The molecule has 31 heavy (non-hydrogen) atoms. The lowest BCUT2D eigenvalue weighted by Crippen LogP contribution is -2.17. The fraction of sp³-hybridized carbons (Fsp3) is 0.348. The van der Waals surface area contributed by atoms with E-state index < -0.39 is 0 Å². The summed E-state index contributed by atoms with van der Waals surface area (Å²) in [5.74, 6) is 1.48. The molecular weight excluding hydrogens is 474 g/mol. The van der Waals surface area contributed by atoms with Gasteiger partial charge in [-0.15, -0.1) is 10.2 Å². The van der Waals surface area contributed by atoms with E-state index in [1.54, 1.807) is 11.8 Å². The third kappa shape index (κ3) is 5.13. The highest BCUT2D eigenvalue weighted by Crippen LogP contribution is 2.41. The Balaban J connectivity index is 1.69. The van der Waals surface area contributed by atoms with Crippen LogP contribution in [0.4, 0.5) is 11.4 Å². The fourth-order valence-electron chi connectivity index (χ4n) is 3.34. The fourth-order valence-corrected chi connectivity index (χ4v) is 4.48. The summed E-state index contributed by atoms with van der Waals surface area (Å²) < 4.78 is 7.33. The van der Waals surface area contributed by atoms with Crippen molar-refractivity contribution in [1.82, 2.24) is 15.2 Å². The maximum absolute atomic E-state index is 6.37. The second kappa shape index (κ2) is 9.87. The van der Waals surface area contributed by atoms with Crippen LogP contribution in [-0.2, 0) is 0 Å². The van der Waals surface area contributed by atoms with Crippen LogP contribution in [0.2, 0.25) is 0 Å². The van der Waals surface area contributed by atoms with Gasteiger partial charge < -0.3 is 15.0 Å². The Kier molecular flexibility index (Phi) is 6.97. The molecule has 1 aliphatic heterocycles. The Morgan fingerprint density at radius 2 is 1.90 bits per heavy atom. The summed E-state index contributed by atoms with van der Waals surface area (Å²) >= 11 is 5.19. The zero-order valence-electron chi connectivity index (χ0n) is 17.9. The summed E-state index contributed by atoms with van der Waals surface area (Å²) in [5, 5.41) is 13.0. The number of benzene rings is 2. The zero-order chi connectivity index (χ0) is 21.8. The molecule has 0 radical (unpaired) electrons. The largest absolute Gasteiger partial charge is 0.448 e. The average Bonchev–Trinajstić information content (AvgIpc) is 2.93. The third-order valence-electron chi connectivity index (χ3n) is 5.08. The molecule has 1 aromatic heterocycles. The van der Waals surface area contributed by atoms with E-state index in [9.17, 15) is 0 Å². The van der Waals surface area contributed by atoms with E-state index in [4.69, 9.17) is 9.72 Å². The molecule has 8 heteroatoms. The molecule has 0 amide bonds. The second-order valence-corrected chi connectivity index (χ2v) is 9.60. The van der Waals surface area contributed by atoms with Gasteiger partial charge in [-0.2, -0.15) is 4.98 Å². The van der Waals surface area contributed by atoms with Gasteiger partial charge in [0.05, 0.1) is 0 Å². The average molecular weight is 500 g/mol. The number of halogens is 1. The van der Waals surface area contributed by atoms with Gasteiger partial charge in [0.15, 0.2) is 11.9 Å². The Labute approximate surface area is 196 Å². The number of rotatable bonds is 7. The van der Waals surface area contributed by atoms with Crippen molar-refractivity contribution in [3.8, 4) is 17.1 Å². The molecule has 1 atom stereocenters. The molecule has 0 saturated heterocycles. The zero-order valence-corrected chi connectivity index (χ0v) is 20.3. The van der Waals surface area contributed by atoms with E-state index in [1.165, 1.54) is 12.8 Å². The number of anilines is 2. The summed E-state index contributed by atoms with van der Waals surface area (Å²) in [6.45, 7) is 2.20.